The SMILES string of the molecule is Cc1cnc2c(c1)c(C(=O)CN)cn2C(=O)CN. The Kier molecular flexibility index (Phi) is 3.22. The number of fused-ring (bicyclic) bond motifs is 1. The van der Waals surface area contributed by atoms with E-state index < -0.39 is 0 Å². The van der Waals surface area contributed by atoms with Gasteiger partial charge in [-0.25, -0.2) is 4.98 Å². The molecule has 0 atom stereocenters. The fourth-order valence-corrected chi connectivity index (χ4v) is 1.83. The molecule has 2 aromatic heterocycles. The Labute approximate surface area is 104 Å². The molecule has 6 heteroatoms. The molecule has 0 bridgehead atoms. The molecule has 0 amide bonds. The Balaban J connectivity index is 2.75. The zero-order valence-electron chi connectivity index (χ0n) is 10.0. The summed E-state index contributed by atoms with van der Waals surface area (Å²) in [5.41, 5.74) is 12.5. The van der Waals surface area contributed by atoms with Crippen molar-refractivity contribution in [3.05, 3.63) is 29.6 Å². The summed E-state index contributed by atoms with van der Waals surface area (Å²) in [5.74, 6) is -0.539. The van der Waals surface area contributed by atoms with Crippen LogP contribution in [0.3, 0.4) is 0 Å². The van der Waals surface area contributed by atoms with E-state index in [0.29, 0.717) is 16.6 Å². The topological polar surface area (TPSA) is 104 Å². The van der Waals surface area contributed by atoms with Crippen LogP contribution in [0, 0.1) is 6.92 Å². The van der Waals surface area contributed by atoms with Gasteiger partial charge in [0.1, 0.15) is 5.65 Å². The van der Waals surface area contributed by atoms with Crippen molar-refractivity contribution >= 4 is 22.7 Å². The summed E-state index contributed by atoms with van der Waals surface area (Å²) < 4.78 is 1.30. The van der Waals surface area contributed by atoms with Gasteiger partial charge in [0, 0.05) is 23.3 Å². The van der Waals surface area contributed by atoms with E-state index >= 15 is 0 Å². The Bertz CT molecular complexity index is 630. The molecule has 0 spiro atoms. The number of nitrogens with two attached hydrogens (primary N) is 2. The standard InChI is InChI=1S/C12H14N4O2/c1-7-2-8-9(10(17)3-13)6-16(11(18)4-14)12(8)15-5-7/h2,5-6H,3-4,13-14H2,1H3. The fourth-order valence-electron chi connectivity index (χ4n) is 1.83. The van der Waals surface area contributed by atoms with E-state index in [4.69, 9.17) is 11.5 Å². The lowest BCUT2D eigenvalue weighted by molar-refractivity contribution is 0.0928. The van der Waals surface area contributed by atoms with Crippen molar-refractivity contribution < 1.29 is 9.59 Å². The molecule has 2 rings (SSSR count). The van der Waals surface area contributed by atoms with Crippen molar-refractivity contribution in [1.29, 1.82) is 0 Å². The molecule has 94 valence electrons. The molecule has 6 nitrogen and oxygen atoms in total. The maximum atomic E-state index is 11.8. The van der Waals surface area contributed by atoms with Crippen LogP contribution >= 0.6 is 0 Å². The highest BCUT2D eigenvalue weighted by Gasteiger charge is 2.17. The van der Waals surface area contributed by atoms with Crippen LogP contribution in [0.5, 0.6) is 0 Å². The molecule has 0 aromatic carbocycles. The van der Waals surface area contributed by atoms with E-state index in [2.05, 4.69) is 4.98 Å². The number of aryl methyl sites for hydroxylation is 1. The number of hydrogen-bond donors (Lipinski definition) is 2. The number of aromatic nitrogens is 2. The second-order valence-electron chi connectivity index (χ2n) is 4.02. The lowest BCUT2D eigenvalue weighted by Gasteiger charge is -2.00. The van der Waals surface area contributed by atoms with Crippen molar-refractivity contribution in [3.63, 3.8) is 0 Å². The Morgan fingerprint density at radius 2 is 2.06 bits per heavy atom. The Hall–Kier alpha value is -2.05. The molecule has 2 aromatic rings. The third-order valence-electron chi connectivity index (χ3n) is 2.71. The minimum atomic E-state index is -0.313. The highest BCUT2D eigenvalue weighted by molar-refractivity contribution is 6.10. The van der Waals surface area contributed by atoms with E-state index in [9.17, 15) is 9.59 Å². The predicted molar refractivity (Wildman–Crippen MR) is 67.5 cm³/mol. The van der Waals surface area contributed by atoms with Gasteiger partial charge < -0.3 is 11.5 Å². The summed E-state index contributed by atoms with van der Waals surface area (Å²) in [6, 6.07) is 1.81. The normalized spacial score (nSPS) is 10.8. The third kappa shape index (κ3) is 1.92. The number of rotatable bonds is 3. The predicted octanol–water partition coefficient (Wildman–Crippen LogP) is 0.0850. The molecule has 0 aliphatic rings. The number of nitrogens with zero attached hydrogens (tertiary/aromatic N) is 2. The van der Waals surface area contributed by atoms with Gasteiger partial charge in [0.05, 0.1) is 13.1 Å². The van der Waals surface area contributed by atoms with Gasteiger partial charge in [0.25, 0.3) is 0 Å². The average Bonchev–Trinajstić information content (AvgIpc) is 2.75. The number of carbonyl (C=O) groups is 2. The zero-order chi connectivity index (χ0) is 13.3. The summed E-state index contributed by atoms with van der Waals surface area (Å²) >= 11 is 0. The maximum absolute atomic E-state index is 11.8. The van der Waals surface area contributed by atoms with E-state index in [0.717, 1.165) is 5.56 Å². The van der Waals surface area contributed by atoms with Gasteiger partial charge in [-0.3, -0.25) is 14.2 Å². The van der Waals surface area contributed by atoms with Crippen molar-refractivity contribution in [2.45, 2.75) is 6.92 Å². The van der Waals surface area contributed by atoms with Crippen LogP contribution in [0.15, 0.2) is 18.5 Å². The van der Waals surface area contributed by atoms with Crippen LogP contribution < -0.4 is 11.5 Å². The first-order valence-electron chi connectivity index (χ1n) is 5.52. The van der Waals surface area contributed by atoms with E-state index in [-0.39, 0.29) is 24.8 Å². The summed E-state index contributed by atoms with van der Waals surface area (Å²) in [6.45, 7) is 1.62. The monoisotopic (exact) mass is 246 g/mol. The van der Waals surface area contributed by atoms with E-state index in [1.54, 1.807) is 6.20 Å². The van der Waals surface area contributed by atoms with Gasteiger partial charge in [0.15, 0.2) is 5.78 Å². The van der Waals surface area contributed by atoms with Crippen LogP contribution in [0.4, 0.5) is 0 Å². The molecule has 0 radical (unpaired) electrons. The van der Waals surface area contributed by atoms with Crippen LogP contribution in [0.2, 0.25) is 0 Å². The van der Waals surface area contributed by atoms with Gasteiger partial charge in [-0.1, -0.05) is 0 Å². The molecule has 0 fully saturated rings. The van der Waals surface area contributed by atoms with Crippen molar-refractivity contribution in [3.8, 4) is 0 Å². The van der Waals surface area contributed by atoms with Gasteiger partial charge in [0.2, 0.25) is 5.91 Å². The fraction of sp³-hybridized carbons (Fsp3) is 0.250. The lowest BCUT2D eigenvalue weighted by Crippen LogP contribution is -2.20. The molecule has 0 aliphatic carbocycles. The molecule has 2 heterocycles. The first kappa shape index (κ1) is 12.4. The summed E-state index contributed by atoms with van der Waals surface area (Å²) in [7, 11) is 0. The first-order chi connectivity index (χ1) is 8.58. The second kappa shape index (κ2) is 4.67. The number of pyridine rings is 1. The molecule has 0 saturated heterocycles. The molecule has 4 N–H and O–H groups in total. The first-order valence-corrected chi connectivity index (χ1v) is 5.52. The minimum absolute atomic E-state index is 0.107. The molecule has 0 aliphatic heterocycles. The number of carbonyl (C=O) groups excluding carboxylic acids is 2. The zero-order valence-corrected chi connectivity index (χ0v) is 10.0. The van der Waals surface area contributed by atoms with Crippen LogP contribution in [-0.4, -0.2) is 34.3 Å². The van der Waals surface area contributed by atoms with Crippen LogP contribution in [-0.2, 0) is 0 Å². The van der Waals surface area contributed by atoms with Crippen molar-refractivity contribution in [2.24, 2.45) is 11.5 Å². The quantitative estimate of drug-likeness (QED) is 0.746. The second-order valence-corrected chi connectivity index (χ2v) is 4.02. The molecular weight excluding hydrogens is 232 g/mol. The van der Waals surface area contributed by atoms with E-state index in [1.165, 1.54) is 10.8 Å². The summed E-state index contributed by atoms with van der Waals surface area (Å²) in [5, 5.41) is 0.632. The van der Waals surface area contributed by atoms with Gasteiger partial charge >= 0.3 is 0 Å². The average molecular weight is 246 g/mol. The number of hydrogen-bond acceptors (Lipinski definition) is 5. The summed E-state index contributed by atoms with van der Waals surface area (Å²) in [6.07, 6.45) is 3.10. The third-order valence-corrected chi connectivity index (χ3v) is 2.71. The summed E-state index contributed by atoms with van der Waals surface area (Å²) in [4.78, 5) is 27.6. The highest BCUT2D eigenvalue weighted by atomic mass is 16.2. The maximum Gasteiger partial charge on any atom is 0.246 e. The number of Topliss-reactive ketones (excluding diaryl/α,β-unsaturated/α-hetero) is 1. The molecule has 0 unspecified atom stereocenters. The van der Waals surface area contributed by atoms with Crippen molar-refractivity contribution in [1.82, 2.24) is 9.55 Å². The number of ketones is 1. The molecule has 18 heavy (non-hydrogen) atoms. The van der Waals surface area contributed by atoms with Crippen LogP contribution in [0.25, 0.3) is 11.0 Å². The largest absolute Gasteiger partial charge is 0.324 e. The van der Waals surface area contributed by atoms with Crippen molar-refractivity contribution in [2.75, 3.05) is 13.1 Å². The minimum Gasteiger partial charge on any atom is -0.324 e. The van der Waals surface area contributed by atoms with Gasteiger partial charge in [-0.15, -0.1) is 0 Å². The molecule has 0 saturated carbocycles. The highest BCUT2D eigenvalue weighted by Crippen LogP contribution is 2.21. The van der Waals surface area contributed by atoms with Gasteiger partial charge in [-0.05, 0) is 18.6 Å². The Morgan fingerprint density at radius 3 is 2.67 bits per heavy atom. The smallest absolute Gasteiger partial charge is 0.246 e. The van der Waals surface area contributed by atoms with E-state index in [1.807, 2.05) is 13.0 Å². The lowest BCUT2D eigenvalue weighted by atomic mass is 10.1. The molecular formula is C12H14N4O2. The van der Waals surface area contributed by atoms with Crippen LogP contribution in [0.1, 0.15) is 20.7 Å². The Morgan fingerprint density at radius 1 is 1.33 bits per heavy atom. The van der Waals surface area contributed by atoms with Gasteiger partial charge in [-0.2, -0.15) is 0 Å².